The monoisotopic (exact) mass is 139 g/mol. The summed E-state index contributed by atoms with van der Waals surface area (Å²) < 4.78 is 4.99. The van der Waals surface area contributed by atoms with Crippen LogP contribution in [0.3, 0.4) is 0 Å². The van der Waals surface area contributed by atoms with Crippen molar-refractivity contribution in [2.45, 2.75) is 12.8 Å². The third kappa shape index (κ3) is 1.55. The van der Waals surface area contributed by atoms with Gasteiger partial charge in [-0.25, -0.2) is 0 Å². The Hall–Kier alpha value is -0.880. The molecule has 0 amide bonds. The van der Waals surface area contributed by atoms with Gasteiger partial charge in [0.15, 0.2) is 5.78 Å². The summed E-state index contributed by atoms with van der Waals surface area (Å²) in [5.74, 6) is 0.0275. The lowest BCUT2D eigenvalue weighted by molar-refractivity contribution is -0.121. The van der Waals surface area contributed by atoms with Crippen LogP contribution < -0.4 is 0 Å². The maximum Gasteiger partial charge on any atom is 0.152 e. The van der Waals surface area contributed by atoms with Crippen LogP contribution in [0.15, 0.2) is 0 Å². The van der Waals surface area contributed by atoms with Gasteiger partial charge in [-0.2, -0.15) is 5.26 Å². The molecule has 1 saturated heterocycles. The van der Waals surface area contributed by atoms with Crippen LogP contribution in [0.1, 0.15) is 12.8 Å². The average molecular weight is 139 g/mol. The first-order valence-electron chi connectivity index (χ1n) is 3.32. The van der Waals surface area contributed by atoms with Crippen LogP contribution in [0.5, 0.6) is 0 Å². The molecule has 0 aromatic rings. The van der Waals surface area contributed by atoms with Gasteiger partial charge in [-0.05, 0) is 6.42 Å². The van der Waals surface area contributed by atoms with Crippen molar-refractivity contribution in [3.8, 4) is 6.07 Å². The number of ketones is 1. The Labute approximate surface area is 59.6 Å². The molecule has 0 aromatic carbocycles. The molecular weight excluding hydrogens is 130 g/mol. The molecule has 0 bridgehead atoms. The summed E-state index contributed by atoms with van der Waals surface area (Å²) in [5.41, 5.74) is 0. The molecule has 0 aromatic heterocycles. The van der Waals surface area contributed by atoms with Crippen LogP contribution >= 0.6 is 0 Å². The maximum atomic E-state index is 10.9. The van der Waals surface area contributed by atoms with Crippen molar-refractivity contribution in [3.63, 3.8) is 0 Å². The van der Waals surface area contributed by atoms with Gasteiger partial charge < -0.3 is 4.74 Å². The number of nitrogens with zero attached hydrogens (tertiary/aromatic N) is 1. The van der Waals surface area contributed by atoms with E-state index in [9.17, 15) is 4.79 Å². The smallest absolute Gasteiger partial charge is 0.152 e. The minimum atomic E-state index is -0.000324. The van der Waals surface area contributed by atoms with Gasteiger partial charge in [-0.1, -0.05) is 0 Å². The molecule has 54 valence electrons. The normalized spacial score (nSPS) is 24.1. The van der Waals surface area contributed by atoms with Gasteiger partial charge in [0, 0.05) is 12.5 Å². The molecule has 3 nitrogen and oxygen atoms in total. The molecule has 0 N–H and O–H groups in total. The lowest BCUT2D eigenvalue weighted by atomic mass is 10.0. The van der Waals surface area contributed by atoms with E-state index in [1.807, 2.05) is 6.07 Å². The Bertz CT molecular complexity index is 165. The van der Waals surface area contributed by atoms with E-state index in [4.69, 9.17) is 10.00 Å². The van der Waals surface area contributed by atoms with Gasteiger partial charge in [0.1, 0.15) is 0 Å². The number of carbonyl (C=O) groups is 1. The van der Waals surface area contributed by atoms with Gasteiger partial charge >= 0.3 is 0 Å². The van der Waals surface area contributed by atoms with Crippen LogP contribution in [-0.2, 0) is 9.53 Å². The molecule has 0 spiro atoms. The predicted octanol–water partition coefficient (Wildman–Crippen LogP) is 0.506. The molecule has 1 unspecified atom stereocenters. The molecule has 10 heavy (non-hydrogen) atoms. The van der Waals surface area contributed by atoms with Gasteiger partial charge in [0.05, 0.1) is 19.1 Å². The highest BCUT2D eigenvalue weighted by atomic mass is 16.5. The van der Waals surface area contributed by atoms with Crippen molar-refractivity contribution in [1.29, 1.82) is 5.26 Å². The molecule has 0 radical (unpaired) electrons. The number of Topliss-reactive ketones (excluding diaryl/α,β-unsaturated/α-hetero) is 1. The Morgan fingerprint density at radius 1 is 1.80 bits per heavy atom. The fourth-order valence-electron chi connectivity index (χ4n) is 1.01. The number of hydrogen-bond acceptors (Lipinski definition) is 3. The molecule has 0 aliphatic carbocycles. The number of hydrogen-bond donors (Lipinski definition) is 0. The van der Waals surface area contributed by atoms with Gasteiger partial charge in [-0.15, -0.1) is 0 Å². The quantitative estimate of drug-likeness (QED) is 0.560. The summed E-state index contributed by atoms with van der Waals surface area (Å²) in [6.45, 7) is 1.18. The van der Waals surface area contributed by atoms with E-state index in [0.29, 0.717) is 13.2 Å². The van der Waals surface area contributed by atoms with E-state index >= 15 is 0 Å². The third-order valence-corrected chi connectivity index (χ3v) is 1.64. The van der Waals surface area contributed by atoms with Crippen LogP contribution in [0.2, 0.25) is 0 Å². The SMILES string of the molecule is N#CCC(=O)C1CCOC1. The number of carbonyl (C=O) groups excluding carboxylic acids is 1. The molecule has 0 saturated carbocycles. The Balaban J connectivity index is 2.34. The summed E-state index contributed by atoms with van der Waals surface area (Å²) in [5, 5.41) is 8.19. The summed E-state index contributed by atoms with van der Waals surface area (Å²) >= 11 is 0. The topological polar surface area (TPSA) is 50.1 Å². The molecule has 1 heterocycles. The van der Waals surface area contributed by atoms with E-state index in [-0.39, 0.29) is 18.1 Å². The summed E-state index contributed by atoms with van der Waals surface area (Å²) in [4.78, 5) is 10.9. The van der Waals surface area contributed by atoms with E-state index in [1.165, 1.54) is 0 Å². The molecular formula is C7H9NO2. The van der Waals surface area contributed by atoms with E-state index in [0.717, 1.165) is 6.42 Å². The maximum absolute atomic E-state index is 10.9. The van der Waals surface area contributed by atoms with Crippen LogP contribution in [0.25, 0.3) is 0 Å². The van der Waals surface area contributed by atoms with E-state index in [2.05, 4.69) is 0 Å². The highest BCUT2D eigenvalue weighted by Crippen LogP contribution is 2.14. The number of rotatable bonds is 2. The fourth-order valence-corrected chi connectivity index (χ4v) is 1.01. The zero-order valence-corrected chi connectivity index (χ0v) is 5.67. The summed E-state index contributed by atoms with van der Waals surface area (Å²) in [7, 11) is 0. The zero-order valence-electron chi connectivity index (χ0n) is 5.67. The predicted molar refractivity (Wildman–Crippen MR) is 34.2 cm³/mol. The van der Waals surface area contributed by atoms with Gasteiger partial charge in [0.2, 0.25) is 0 Å². The van der Waals surface area contributed by atoms with Crippen molar-refractivity contribution in [3.05, 3.63) is 0 Å². The number of ether oxygens (including phenoxy) is 1. The molecule has 1 atom stereocenters. The summed E-state index contributed by atoms with van der Waals surface area (Å²) in [6, 6.07) is 1.84. The van der Waals surface area contributed by atoms with Crippen LogP contribution in [-0.4, -0.2) is 19.0 Å². The van der Waals surface area contributed by atoms with Crippen LogP contribution in [0, 0.1) is 17.2 Å². The molecule has 1 fully saturated rings. The van der Waals surface area contributed by atoms with Gasteiger partial charge in [0.25, 0.3) is 0 Å². The minimum absolute atomic E-state index is 0.000324. The zero-order chi connectivity index (χ0) is 7.40. The molecule has 1 aliphatic rings. The highest BCUT2D eigenvalue weighted by molar-refractivity contribution is 5.83. The molecule has 3 heteroatoms. The Kier molecular flexibility index (Phi) is 2.41. The third-order valence-electron chi connectivity index (χ3n) is 1.64. The van der Waals surface area contributed by atoms with E-state index in [1.54, 1.807) is 0 Å². The van der Waals surface area contributed by atoms with Crippen molar-refractivity contribution >= 4 is 5.78 Å². The second kappa shape index (κ2) is 3.33. The second-order valence-electron chi connectivity index (χ2n) is 2.36. The average Bonchev–Trinajstić information content (AvgIpc) is 2.38. The van der Waals surface area contributed by atoms with Crippen molar-refractivity contribution < 1.29 is 9.53 Å². The Morgan fingerprint density at radius 2 is 2.60 bits per heavy atom. The van der Waals surface area contributed by atoms with Crippen molar-refractivity contribution in [2.24, 2.45) is 5.92 Å². The largest absolute Gasteiger partial charge is 0.381 e. The summed E-state index contributed by atoms with van der Waals surface area (Å²) in [6.07, 6.45) is 0.828. The number of nitriles is 1. The standard InChI is InChI=1S/C7H9NO2/c8-3-1-7(9)6-2-4-10-5-6/h6H,1-2,4-5H2. The Morgan fingerprint density at radius 3 is 3.10 bits per heavy atom. The first-order valence-corrected chi connectivity index (χ1v) is 3.32. The molecule has 1 aliphatic heterocycles. The van der Waals surface area contributed by atoms with Gasteiger partial charge in [-0.3, -0.25) is 4.79 Å². The second-order valence-corrected chi connectivity index (χ2v) is 2.36. The highest BCUT2D eigenvalue weighted by Gasteiger charge is 2.22. The van der Waals surface area contributed by atoms with Crippen LogP contribution in [0.4, 0.5) is 0 Å². The van der Waals surface area contributed by atoms with Crippen molar-refractivity contribution in [1.82, 2.24) is 0 Å². The first-order chi connectivity index (χ1) is 4.84. The fraction of sp³-hybridized carbons (Fsp3) is 0.714. The minimum Gasteiger partial charge on any atom is -0.381 e. The lowest BCUT2D eigenvalue weighted by Gasteiger charge is -1.99. The van der Waals surface area contributed by atoms with Crippen molar-refractivity contribution in [2.75, 3.05) is 13.2 Å². The molecule has 1 rings (SSSR count). The van der Waals surface area contributed by atoms with E-state index < -0.39 is 0 Å². The first kappa shape index (κ1) is 7.23. The lowest BCUT2D eigenvalue weighted by Crippen LogP contribution is -2.12.